The number of aliphatic hydroxyl groups excluding tert-OH is 1. The van der Waals surface area contributed by atoms with Crippen molar-refractivity contribution < 1.29 is 23.8 Å². The summed E-state index contributed by atoms with van der Waals surface area (Å²) in [7, 11) is 0. The van der Waals surface area contributed by atoms with E-state index in [1.54, 1.807) is 20.8 Å². The van der Waals surface area contributed by atoms with E-state index in [0.29, 0.717) is 30.5 Å². The third-order valence-electron chi connectivity index (χ3n) is 5.62. The van der Waals surface area contributed by atoms with Crippen molar-refractivity contribution in [1.82, 2.24) is 15.6 Å². The van der Waals surface area contributed by atoms with E-state index in [9.17, 15) is 14.7 Å². The Morgan fingerprint density at radius 3 is 2.62 bits per heavy atom. The Kier molecular flexibility index (Phi) is 8.12. The third-order valence-corrected chi connectivity index (χ3v) is 5.62. The van der Waals surface area contributed by atoms with Crippen LogP contribution < -0.4 is 10.6 Å². The Bertz CT molecular complexity index is 865. The fourth-order valence-electron chi connectivity index (χ4n) is 4.07. The molecule has 0 radical (unpaired) electrons. The summed E-state index contributed by atoms with van der Waals surface area (Å²) in [6, 6.07) is 6.74. The van der Waals surface area contributed by atoms with Gasteiger partial charge in [0.05, 0.1) is 0 Å². The maximum atomic E-state index is 12.9. The molecule has 1 aromatic carbocycles. The number of aliphatic hydroxyl groups is 1. The summed E-state index contributed by atoms with van der Waals surface area (Å²) in [4.78, 5) is 29.5. The monoisotopic (exact) mass is 445 g/mol. The van der Waals surface area contributed by atoms with Gasteiger partial charge in [-0.25, -0.2) is 9.78 Å². The first-order valence-corrected chi connectivity index (χ1v) is 11.5. The molecule has 2 unspecified atom stereocenters. The number of para-hydroxylation sites is 2. The third kappa shape index (κ3) is 6.95. The van der Waals surface area contributed by atoms with E-state index in [2.05, 4.69) is 15.6 Å². The van der Waals surface area contributed by atoms with Crippen LogP contribution in [0.1, 0.15) is 77.7 Å². The molecule has 2 amide bonds. The normalized spacial score (nSPS) is 17.0. The number of rotatable bonds is 8. The zero-order valence-corrected chi connectivity index (χ0v) is 19.2. The van der Waals surface area contributed by atoms with Crippen LogP contribution in [-0.2, 0) is 9.53 Å². The fraction of sp³-hybridized carbons (Fsp3) is 0.625. The molecular weight excluding hydrogens is 410 g/mol. The zero-order chi connectivity index (χ0) is 23.1. The van der Waals surface area contributed by atoms with Gasteiger partial charge in [-0.2, -0.15) is 0 Å². The number of oxazole rings is 1. The van der Waals surface area contributed by atoms with Crippen LogP contribution in [0.3, 0.4) is 0 Å². The number of nitrogens with one attached hydrogen (secondary N) is 2. The lowest BCUT2D eigenvalue weighted by molar-refractivity contribution is -0.124. The number of ether oxygens (including phenoxy) is 1. The molecule has 2 atom stereocenters. The predicted octanol–water partition coefficient (Wildman–Crippen LogP) is 4.23. The van der Waals surface area contributed by atoms with E-state index in [4.69, 9.17) is 9.15 Å². The molecule has 1 aromatic heterocycles. The molecule has 1 aliphatic carbocycles. The highest BCUT2D eigenvalue weighted by Crippen LogP contribution is 2.27. The van der Waals surface area contributed by atoms with E-state index < -0.39 is 23.8 Å². The minimum absolute atomic E-state index is 0.0987. The van der Waals surface area contributed by atoms with Gasteiger partial charge in [0.25, 0.3) is 0 Å². The molecule has 1 fully saturated rings. The second-order valence-electron chi connectivity index (χ2n) is 9.49. The van der Waals surface area contributed by atoms with Gasteiger partial charge in [-0.1, -0.05) is 31.4 Å². The average molecular weight is 446 g/mol. The summed E-state index contributed by atoms with van der Waals surface area (Å²) in [5.74, 6) is 0.171. The van der Waals surface area contributed by atoms with Crippen molar-refractivity contribution in [1.29, 1.82) is 0 Å². The first-order valence-electron chi connectivity index (χ1n) is 11.5. The van der Waals surface area contributed by atoms with E-state index >= 15 is 0 Å². The van der Waals surface area contributed by atoms with E-state index in [-0.39, 0.29) is 17.7 Å². The molecule has 0 saturated heterocycles. The zero-order valence-electron chi connectivity index (χ0n) is 19.2. The lowest BCUT2D eigenvalue weighted by Gasteiger charge is -2.31. The van der Waals surface area contributed by atoms with Crippen LogP contribution in [0.5, 0.6) is 0 Å². The van der Waals surface area contributed by atoms with Gasteiger partial charge in [-0.05, 0) is 64.5 Å². The van der Waals surface area contributed by atoms with Gasteiger partial charge < -0.3 is 24.9 Å². The molecule has 3 rings (SSSR count). The van der Waals surface area contributed by atoms with Crippen molar-refractivity contribution in [3.8, 4) is 0 Å². The number of benzene rings is 1. The molecule has 3 N–H and O–H groups in total. The molecule has 8 nitrogen and oxygen atoms in total. The van der Waals surface area contributed by atoms with Gasteiger partial charge in [-0.15, -0.1) is 0 Å². The standard InChI is InChI=1S/C24H35N3O5/c1-24(2,3)32-23(30)27-20(16-10-5-4-6-11-16)21(29)25-15-9-13-18(28)22-26-17-12-7-8-14-19(17)31-22/h7-8,12,14,16,18,20,28H,4-6,9-11,13,15H2,1-3H3,(H,25,29)(H,27,30). The Labute approximate surface area is 189 Å². The van der Waals surface area contributed by atoms with Crippen molar-refractivity contribution >= 4 is 23.1 Å². The van der Waals surface area contributed by atoms with Gasteiger partial charge >= 0.3 is 6.09 Å². The van der Waals surface area contributed by atoms with Crippen LogP contribution >= 0.6 is 0 Å². The van der Waals surface area contributed by atoms with Gasteiger partial charge in [-0.3, -0.25) is 4.79 Å². The van der Waals surface area contributed by atoms with Crippen LogP contribution in [0.2, 0.25) is 0 Å². The van der Waals surface area contributed by atoms with Crippen LogP contribution in [0, 0.1) is 5.92 Å². The summed E-state index contributed by atoms with van der Waals surface area (Å²) in [6.07, 6.45) is 4.63. The van der Waals surface area contributed by atoms with Crippen molar-refractivity contribution in [3.05, 3.63) is 30.2 Å². The lowest BCUT2D eigenvalue weighted by Crippen LogP contribution is -2.52. The maximum Gasteiger partial charge on any atom is 0.408 e. The second-order valence-corrected chi connectivity index (χ2v) is 9.49. The number of alkyl carbamates (subject to hydrolysis) is 1. The summed E-state index contributed by atoms with van der Waals surface area (Å²) < 4.78 is 11.0. The number of amides is 2. The molecule has 32 heavy (non-hydrogen) atoms. The van der Waals surface area contributed by atoms with Crippen LogP contribution in [-0.4, -0.2) is 40.3 Å². The number of nitrogens with zero attached hydrogens (tertiary/aromatic N) is 1. The summed E-state index contributed by atoms with van der Waals surface area (Å²) in [6.45, 7) is 5.77. The molecular formula is C24H35N3O5. The number of carbonyl (C=O) groups is 2. The number of hydrogen-bond acceptors (Lipinski definition) is 6. The van der Waals surface area contributed by atoms with Crippen molar-refractivity contribution in [2.24, 2.45) is 5.92 Å². The van der Waals surface area contributed by atoms with Crippen molar-refractivity contribution in [2.45, 2.75) is 83.5 Å². The summed E-state index contributed by atoms with van der Waals surface area (Å²) in [5, 5.41) is 16.1. The fourth-order valence-corrected chi connectivity index (χ4v) is 4.07. The van der Waals surface area contributed by atoms with E-state index in [1.807, 2.05) is 24.3 Å². The molecule has 2 aromatic rings. The molecule has 1 heterocycles. The van der Waals surface area contributed by atoms with Gasteiger partial charge in [0.1, 0.15) is 23.3 Å². The molecule has 0 spiro atoms. The quantitative estimate of drug-likeness (QED) is 0.524. The second kappa shape index (κ2) is 10.8. The Morgan fingerprint density at radius 1 is 1.22 bits per heavy atom. The molecule has 0 bridgehead atoms. The summed E-state index contributed by atoms with van der Waals surface area (Å²) in [5.41, 5.74) is 0.718. The molecule has 0 aliphatic heterocycles. The summed E-state index contributed by atoms with van der Waals surface area (Å²) >= 11 is 0. The number of aromatic nitrogens is 1. The highest BCUT2D eigenvalue weighted by Gasteiger charge is 2.32. The number of fused-ring (bicyclic) bond motifs is 1. The van der Waals surface area contributed by atoms with Gasteiger partial charge in [0, 0.05) is 6.54 Å². The Morgan fingerprint density at radius 2 is 1.94 bits per heavy atom. The highest BCUT2D eigenvalue weighted by atomic mass is 16.6. The first kappa shape index (κ1) is 24.0. The van der Waals surface area contributed by atoms with Gasteiger partial charge in [0.15, 0.2) is 5.58 Å². The van der Waals surface area contributed by atoms with Gasteiger partial charge in [0.2, 0.25) is 11.8 Å². The average Bonchev–Trinajstić information content (AvgIpc) is 3.18. The van der Waals surface area contributed by atoms with Crippen molar-refractivity contribution in [3.63, 3.8) is 0 Å². The van der Waals surface area contributed by atoms with E-state index in [1.165, 1.54) is 0 Å². The predicted molar refractivity (Wildman–Crippen MR) is 121 cm³/mol. The Hall–Kier alpha value is -2.61. The Balaban J connectivity index is 1.50. The van der Waals surface area contributed by atoms with Crippen LogP contribution in [0.4, 0.5) is 4.79 Å². The smallest absolute Gasteiger partial charge is 0.408 e. The SMILES string of the molecule is CC(C)(C)OC(=O)NC(C(=O)NCCCC(O)c1nc2ccccc2o1)C1CCCCC1. The molecule has 1 saturated carbocycles. The minimum atomic E-state index is -0.840. The number of carbonyl (C=O) groups excluding carboxylic acids is 2. The molecule has 176 valence electrons. The first-order chi connectivity index (χ1) is 15.2. The maximum absolute atomic E-state index is 12.9. The van der Waals surface area contributed by atoms with E-state index in [0.717, 1.165) is 32.1 Å². The van der Waals surface area contributed by atoms with Crippen LogP contribution in [0.15, 0.2) is 28.7 Å². The van der Waals surface area contributed by atoms with Crippen LogP contribution in [0.25, 0.3) is 11.1 Å². The molecule has 1 aliphatic rings. The largest absolute Gasteiger partial charge is 0.444 e. The van der Waals surface area contributed by atoms with Crippen molar-refractivity contribution in [2.75, 3.05) is 6.54 Å². The number of hydrogen-bond donors (Lipinski definition) is 3. The topological polar surface area (TPSA) is 114 Å². The highest BCUT2D eigenvalue weighted by molar-refractivity contribution is 5.86. The lowest BCUT2D eigenvalue weighted by atomic mass is 9.83. The molecule has 8 heteroatoms. The minimum Gasteiger partial charge on any atom is -0.444 e.